The molecule has 6 heteroatoms. The lowest BCUT2D eigenvalue weighted by Gasteiger charge is -2.06. The molecule has 1 aromatic carbocycles. The second-order valence-electron chi connectivity index (χ2n) is 4.43. The molecule has 0 amide bonds. The largest absolute Gasteiger partial charge is 0.486 e. The zero-order valence-corrected chi connectivity index (χ0v) is 13.5. The number of carbonyl (C=O) groups is 1. The summed E-state index contributed by atoms with van der Waals surface area (Å²) in [6.07, 6.45) is 0.283. The molecule has 0 atom stereocenters. The van der Waals surface area contributed by atoms with Crippen molar-refractivity contribution in [3.8, 4) is 5.75 Å². The second kappa shape index (κ2) is 6.41. The fraction of sp³-hybridized carbons (Fsp3) is 0.286. The molecule has 0 unspecified atom stereocenters. The number of carbonyl (C=O) groups excluding carboxylic acids is 1. The maximum absolute atomic E-state index is 12.0. The Labute approximate surface area is 130 Å². The van der Waals surface area contributed by atoms with Crippen LogP contribution in [0.5, 0.6) is 5.75 Å². The normalized spacial score (nSPS) is 10.6. The summed E-state index contributed by atoms with van der Waals surface area (Å²) in [7, 11) is 1.82. The van der Waals surface area contributed by atoms with Gasteiger partial charge in [0.25, 0.3) is 0 Å². The van der Waals surface area contributed by atoms with Crippen molar-refractivity contribution in [3.05, 3.63) is 45.1 Å². The van der Waals surface area contributed by atoms with Crippen LogP contribution in [0.25, 0.3) is 0 Å². The van der Waals surface area contributed by atoms with E-state index >= 15 is 0 Å². The lowest BCUT2D eigenvalue weighted by Crippen LogP contribution is -2.16. The minimum atomic E-state index is -0.0105. The van der Waals surface area contributed by atoms with Gasteiger partial charge >= 0.3 is 0 Å². The molecule has 4 nitrogen and oxygen atoms in total. The van der Waals surface area contributed by atoms with E-state index in [1.54, 1.807) is 28.9 Å². The average Bonchev–Trinajstić information content (AvgIpc) is 2.65. The molecule has 2 aromatic rings. The molecule has 1 aromatic heterocycles. The maximum atomic E-state index is 12.0. The number of hydrogen-bond donors (Lipinski definition) is 0. The quantitative estimate of drug-likeness (QED) is 0.824. The first-order valence-electron chi connectivity index (χ1n) is 6.05. The van der Waals surface area contributed by atoms with E-state index in [-0.39, 0.29) is 18.8 Å². The highest BCUT2D eigenvalue weighted by Gasteiger charge is 2.14. The van der Waals surface area contributed by atoms with E-state index < -0.39 is 0 Å². The number of benzene rings is 1. The molecule has 0 saturated heterocycles. The Morgan fingerprint density at radius 3 is 2.60 bits per heavy atom. The van der Waals surface area contributed by atoms with Crippen molar-refractivity contribution in [3.63, 3.8) is 0 Å². The van der Waals surface area contributed by atoms with Crippen LogP contribution in [0, 0.1) is 6.92 Å². The fourth-order valence-corrected chi connectivity index (χ4v) is 2.41. The number of hydrogen-bond acceptors (Lipinski definition) is 3. The Bertz CT molecular complexity index is 623. The number of ether oxygens (including phenoxy) is 1. The second-order valence-corrected chi connectivity index (χ2v) is 5.66. The number of nitrogens with zero attached hydrogens (tertiary/aromatic N) is 2. The van der Waals surface area contributed by atoms with Crippen LogP contribution >= 0.6 is 27.5 Å². The molecule has 106 valence electrons. The highest BCUT2D eigenvalue weighted by Crippen LogP contribution is 2.21. The summed E-state index contributed by atoms with van der Waals surface area (Å²) in [4.78, 5) is 12.0. The van der Waals surface area contributed by atoms with E-state index in [0.717, 1.165) is 15.9 Å². The van der Waals surface area contributed by atoms with Gasteiger partial charge in [-0.2, -0.15) is 5.10 Å². The molecule has 0 aliphatic carbocycles. The third kappa shape index (κ3) is 3.61. The lowest BCUT2D eigenvalue weighted by atomic mass is 10.2. The van der Waals surface area contributed by atoms with Gasteiger partial charge in [-0.3, -0.25) is 9.48 Å². The third-order valence-electron chi connectivity index (χ3n) is 2.84. The molecule has 0 aliphatic heterocycles. The maximum Gasteiger partial charge on any atom is 0.176 e. The van der Waals surface area contributed by atoms with E-state index in [9.17, 15) is 4.79 Å². The van der Waals surface area contributed by atoms with E-state index in [1.165, 1.54) is 0 Å². The van der Waals surface area contributed by atoms with E-state index in [2.05, 4.69) is 21.0 Å². The van der Waals surface area contributed by atoms with Crippen LogP contribution in [-0.2, 0) is 18.3 Å². The molecule has 0 saturated carbocycles. The van der Waals surface area contributed by atoms with Crippen molar-refractivity contribution in [2.45, 2.75) is 13.3 Å². The topological polar surface area (TPSA) is 44.1 Å². The first-order chi connectivity index (χ1) is 9.47. The zero-order chi connectivity index (χ0) is 14.7. The highest BCUT2D eigenvalue weighted by molar-refractivity contribution is 9.10. The minimum absolute atomic E-state index is 0.0105. The predicted molar refractivity (Wildman–Crippen MR) is 81.3 cm³/mol. The van der Waals surface area contributed by atoms with Crippen LogP contribution in [-0.4, -0.2) is 22.2 Å². The van der Waals surface area contributed by atoms with Crippen LogP contribution in [0.2, 0.25) is 5.02 Å². The summed E-state index contributed by atoms with van der Waals surface area (Å²) in [6.45, 7) is 1.92. The van der Waals surface area contributed by atoms with E-state index in [4.69, 9.17) is 16.3 Å². The number of rotatable bonds is 5. The van der Waals surface area contributed by atoms with Crippen LogP contribution in [0.3, 0.4) is 0 Å². The molecule has 0 radical (unpaired) electrons. The number of Topliss-reactive ketones (excluding diaryl/α,β-unsaturated/α-hetero) is 1. The number of aryl methyl sites for hydroxylation is 2. The van der Waals surface area contributed by atoms with Crippen molar-refractivity contribution < 1.29 is 9.53 Å². The van der Waals surface area contributed by atoms with Crippen molar-refractivity contribution >= 4 is 33.3 Å². The van der Waals surface area contributed by atoms with Crippen molar-refractivity contribution in [1.82, 2.24) is 9.78 Å². The molecule has 0 spiro atoms. The standard InChI is InChI=1S/C14H14BrClN2O2/c1-9-14(15)13(18(2)17-9)7-11(19)8-20-12-5-3-10(16)4-6-12/h3-6H,7-8H2,1-2H3. The summed E-state index contributed by atoms with van der Waals surface area (Å²) in [5, 5.41) is 4.89. The van der Waals surface area contributed by atoms with Gasteiger partial charge in [-0.15, -0.1) is 0 Å². The first-order valence-corrected chi connectivity index (χ1v) is 7.22. The molecule has 0 fully saturated rings. The molecule has 20 heavy (non-hydrogen) atoms. The lowest BCUT2D eigenvalue weighted by molar-refractivity contribution is -0.120. The average molecular weight is 358 g/mol. The third-order valence-corrected chi connectivity index (χ3v) is 4.12. The Morgan fingerprint density at radius 2 is 2.05 bits per heavy atom. The van der Waals surface area contributed by atoms with Gasteiger partial charge in [0.1, 0.15) is 12.4 Å². The molecular weight excluding hydrogens is 344 g/mol. The fourth-order valence-electron chi connectivity index (χ4n) is 1.80. The van der Waals surface area contributed by atoms with Crippen LogP contribution in [0.4, 0.5) is 0 Å². The first kappa shape index (κ1) is 15.1. The summed E-state index contributed by atoms with van der Waals surface area (Å²) >= 11 is 9.22. The molecular formula is C14H14BrClN2O2. The Balaban J connectivity index is 1.94. The van der Waals surface area contributed by atoms with Gasteiger partial charge in [0.05, 0.1) is 22.3 Å². The Morgan fingerprint density at radius 1 is 1.40 bits per heavy atom. The van der Waals surface area contributed by atoms with Crippen LogP contribution in [0.15, 0.2) is 28.7 Å². The summed E-state index contributed by atoms with van der Waals surface area (Å²) in [5.74, 6) is 0.617. The monoisotopic (exact) mass is 356 g/mol. The van der Waals surface area contributed by atoms with Gasteiger partial charge in [0.15, 0.2) is 5.78 Å². The number of aromatic nitrogens is 2. The van der Waals surface area contributed by atoms with Crippen molar-refractivity contribution in [1.29, 1.82) is 0 Å². The zero-order valence-electron chi connectivity index (χ0n) is 11.2. The predicted octanol–water partition coefficient (Wildman–Crippen LogP) is 3.34. The van der Waals surface area contributed by atoms with Crippen LogP contribution < -0.4 is 4.74 Å². The Kier molecular flexibility index (Phi) is 4.83. The van der Waals surface area contributed by atoms with Crippen LogP contribution in [0.1, 0.15) is 11.4 Å². The summed E-state index contributed by atoms with van der Waals surface area (Å²) in [5.41, 5.74) is 1.72. The van der Waals surface area contributed by atoms with Gasteiger partial charge in [-0.05, 0) is 47.1 Å². The Hall–Kier alpha value is -1.33. The number of ketones is 1. The number of halogens is 2. The van der Waals surface area contributed by atoms with Crippen molar-refractivity contribution in [2.75, 3.05) is 6.61 Å². The van der Waals surface area contributed by atoms with Crippen molar-refractivity contribution in [2.24, 2.45) is 7.05 Å². The summed E-state index contributed by atoms with van der Waals surface area (Å²) < 4.78 is 8.01. The molecule has 0 aliphatic rings. The van der Waals surface area contributed by atoms with Gasteiger partial charge in [-0.25, -0.2) is 0 Å². The van der Waals surface area contributed by atoms with Gasteiger partial charge in [0.2, 0.25) is 0 Å². The highest BCUT2D eigenvalue weighted by atomic mass is 79.9. The smallest absolute Gasteiger partial charge is 0.176 e. The minimum Gasteiger partial charge on any atom is -0.486 e. The van der Waals surface area contributed by atoms with Gasteiger partial charge in [0, 0.05) is 12.1 Å². The molecule has 0 bridgehead atoms. The SMILES string of the molecule is Cc1nn(C)c(CC(=O)COc2ccc(Cl)cc2)c1Br. The summed E-state index contributed by atoms with van der Waals surface area (Å²) in [6, 6.07) is 6.92. The van der Waals surface area contributed by atoms with E-state index in [0.29, 0.717) is 10.8 Å². The van der Waals surface area contributed by atoms with Gasteiger partial charge < -0.3 is 4.74 Å². The molecule has 2 rings (SSSR count). The van der Waals surface area contributed by atoms with Gasteiger partial charge in [-0.1, -0.05) is 11.6 Å². The molecule has 1 heterocycles. The van der Waals surface area contributed by atoms with E-state index in [1.807, 2.05) is 14.0 Å². The molecule has 0 N–H and O–H groups in total.